The summed E-state index contributed by atoms with van der Waals surface area (Å²) in [7, 11) is 1.38. The van der Waals surface area contributed by atoms with Crippen LogP contribution in [-0.2, 0) is 16.1 Å². The van der Waals surface area contributed by atoms with Gasteiger partial charge in [0.2, 0.25) is 28.9 Å². The number of ether oxygens (including phenoxy) is 1. The molecule has 1 aliphatic heterocycles. The van der Waals surface area contributed by atoms with E-state index in [1.807, 2.05) is 0 Å². The minimum absolute atomic E-state index is 0.0433. The number of benzene rings is 1. The molecule has 0 unspecified atom stereocenters. The lowest BCUT2D eigenvalue weighted by Gasteiger charge is -2.18. The minimum Gasteiger partial charge on any atom is -0.504 e. The van der Waals surface area contributed by atoms with Crippen molar-refractivity contribution in [3.05, 3.63) is 63.3 Å². The number of rotatable bonds is 8. The van der Waals surface area contributed by atoms with Crippen molar-refractivity contribution < 1.29 is 33.5 Å². The van der Waals surface area contributed by atoms with Gasteiger partial charge in [0.25, 0.3) is 0 Å². The molecule has 1 aliphatic rings. The third-order valence-electron chi connectivity index (χ3n) is 5.61. The van der Waals surface area contributed by atoms with E-state index in [-0.39, 0.29) is 59.6 Å². The molecule has 4 N–H and O–H groups in total. The number of carbonyl (C=O) groups excluding carboxylic acids is 2. The van der Waals surface area contributed by atoms with Crippen LogP contribution >= 0.6 is 0 Å². The van der Waals surface area contributed by atoms with E-state index in [2.05, 4.69) is 20.8 Å². The van der Waals surface area contributed by atoms with Crippen LogP contribution in [0.25, 0.3) is 0 Å². The largest absolute Gasteiger partial charge is 0.504 e. The Morgan fingerprint density at radius 1 is 1.31 bits per heavy atom. The Hall–Kier alpha value is -4.35. The molecule has 1 saturated heterocycles. The van der Waals surface area contributed by atoms with Crippen molar-refractivity contribution in [1.29, 1.82) is 0 Å². The topological polar surface area (TPSA) is 177 Å². The molecule has 35 heavy (non-hydrogen) atoms. The van der Waals surface area contributed by atoms with Crippen LogP contribution in [0.5, 0.6) is 17.2 Å². The van der Waals surface area contributed by atoms with Gasteiger partial charge in [-0.1, -0.05) is 11.2 Å². The van der Waals surface area contributed by atoms with Gasteiger partial charge in [0.15, 0.2) is 23.1 Å². The van der Waals surface area contributed by atoms with Gasteiger partial charge in [-0.2, -0.15) is 4.98 Å². The molecule has 0 bridgehead atoms. The second-order valence-corrected chi connectivity index (χ2v) is 8.11. The summed E-state index contributed by atoms with van der Waals surface area (Å²) in [5.41, 5.74) is -0.170. The molecule has 1 aromatic carbocycles. The molecule has 0 aliphatic carbocycles. The van der Waals surface area contributed by atoms with Gasteiger partial charge in [-0.05, 0) is 31.0 Å². The number of methoxy groups -OCH3 is 1. The summed E-state index contributed by atoms with van der Waals surface area (Å²) in [6, 6.07) is 5.22. The third-order valence-corrected chi connectivity index (χ3v) is 5.61. The fourth-order valence-electron chi connectivity index (χ4n) is 3.85. The average molecular weight is 484 g/mol. The molecular weight excluding hydrogens is 460 g/mol. The molecule has 12 heteroatoms. The van der Waals surface area contributed by atoms with Crippen molar-refractivity contribution in [2.24, 2.45) is 0 Å². The number of carbonyl (C=O) groups is 2. The van der Waals surface area contributed by atoms with Crippen molar-refractivity contribution in [3.8, 4) is 17.2 Å². The molecule has 0 saturated carbocycles. The summed E-state index contributed by atoms with van der Waals surface area (Å²) < 4.78 is 16.0. The van der Waals surface area contributed by atoms with Crippen LogP contribution in [0.2, 0.25) is 0 Å². The number of aromatic hydroxyl groups is 2. The van der Waals surface area contributed by atoms with Crippen LogP contribution in [0.1, 0.15) is 60.0 Å². The van der Waals surface area contributed by atoms with E-state index in [9.17, 15) is 24.6 Å². The van der Waals surface area contributed by atoms with E-state index in [0.717, 1.165) is 6.07 Å². The van der Waals surface area contributed by atoms with Gasteiger partial charge < -0.3 is 34.5 Å². The molecule has 2 amide bonds. The maximum Gasteiger partial charge on any atom is 0.249 e. The number of phenolic OH excluding ortho intramolecular Hbond substituents is 1. The number of amides is 2. The van der Waals surface area contributed by atoms with Crippen LogP contribution in [0, 0.1) is 6.92 Å². The molecule has 4 rings (SSSR count). The fraction of sp³-hybridized carbons (Fsp3) is 0.348. The first-order valence-corrected chi connectivity index (χ1v) is 10.8. The van der Waals surface area contributed by atoms with Crippen LogP contribution < -0.4 is 20.8 Å². The molecule has 2 aromatic heterocycles. The van der Waals surface area contributed by atoms with E-state index >= 15 is 0 Å². The number of hydrogen-bond donors (Lipinski definition) is 4. The Balaban J connectivity index is 1.53. The van der Waals surface area contributed by atoms with E-state index in [4.69, 9.17) is 13.7 Å². The van der Waals surface area contributed by atoms with Gasteiger partial charge in [-0.3, -0.25) is 14.4 Å². The van der Waals surface area contributed by atoms with Crippen LogP contribution in [0.15, 0.2) is 38.0 Å². The first kappa shape index (κ1) is 23.8. The van der Waals surface area contributed by atoms with E-state index < -0.39 is 23.0 Å². The maximum absolute atomic E-state index is 12.8. The molecule has 12 nitrogen and oxygen atoms in total. The van der Waals surface area contributed by atoms with Gasteiger partial charge in [0.05, 0.1) is 19.6 Å². The van der Waals surface area contributed by atoms with E-state index in [0.29, 0.717) is 18.4 Å². The molecular formula is C23H24N4O8. The summed E-state index contributed by atoms with van der Waals surface area (Å²) >= 11 is 0. The summed E-state index contributed by atoms with van der Waals surface area (Å²) in [5, 5.41) is 29.6. The Bertz CT molecular complexity index is 1320. The quantitative estimate of drug-likeness (QED) is 0.367. The average Bonchev–Trinajstić information content (AvgIpc) is 3.48. The lowest BCUT2D eigenvalue weighted by Crippen LogP contribution is -2.26. The second-order valence-electron chi connectivity index (χ2n) is 8.11. The maximum atomic E-state index is 12.8. The van der Waals surface area contributed by atoms with Crippen molar-refractivity contribution in [1.82, 2.24) is 20.8 Å². The highest BCUT2D eigenvalue weighted by Crippen LogP contribution is 2.37. The van der Waals surface area contributed by atoms with Crippen LogP contribution in [-0.4, -0.2) is 39.3 Å². The second kappa shape index (κ2) is 9.87. The number of aryl methyl sites for hydroxylation is 1. The lowest BCUT2D eigenvalue weighted by molar-refractivity contribution is -0.121. The molecule has 0 spiro atoms. The predicted molar refractivity (Wildman–Crippen MR) is 119 cm³/mol. The normalized spacial score (nSPS) is 16.1. The van der Waals surface area contributed by atoms with Gasteiger partial charge in [-0.25, -0.2) is 0 Å². The Kier molecular flexibility index (Phi) is 6.71. The number of aromatic nitrogens is 2. The predicted octanol–water partition coefficient (Wildman–Crippen LogP) is 1.54. The Morgan fingerprint density at radius 2 is 2.11 bits per heavy atom. The Labute approximate surface area is 198 Å². The highest BCUT2D eigenvalue weighted by molar-refractivity contribution is 5.78. The van der Waals surface area contributed by atoms with Gasteiger partial charge in [-0.15, -0.1) is 0 Å². The summed E-state index contributed by atoms with van der Waals surface area (Å²) in [6.07, 6.45) is 0.720. The van der Waals surface area contributed by atoms with Crippen LogP contribution in [0.4, 0.5) is 0 Å². The van der Waals surface area contributed by atoms with Gasteiger partial charge in [0, 0.05) is 18.9 Å². The summed E-state index contributed by atoms with van der Waals surface area (Å²) in [6.45, 7) is 1.51. The van der Waals surface area contributed by atoms with E-state index in [1.165, 1.54) is 19.2 Å². The molecule has 2 atom stereocenters. The Morgan fingerprint density at radius 3 is 2.83 bits per heavy atom. The minimum atomic E-state index is -0.869. The van der Waals surface area contributed by atoms with Gasteiger partial charge >= 0.3 is 0 Å². The van der Waals surface area contributed by atoms with Crippen molar-refractivity contribution >= 4 is 11.8 Å². The van der Waals surface area contributed by atoms with Crippen molar-refractivity contribution in [2.75, 3.05) is 7.11 Å². The number of hydrogen-bond acceptors (Lipinski definition) is 10. The highest BCUT2D eigenvalue weighted by Gasteiger charge is 2.28. The zero-order chi connectivity index (χ0) is 25.1. The zero-order valence-corrected chi connectivity index (χ0v) is 19.0. The monoisotopic (exact) mass is 484 g/mol. The number of nitrogens with zero attached hydrogens (tertiary/aromatic N) is 2. The zero-order valence-electron chi connectivity index (χ0n) is 19.0. The standard InChI is InChI=1S/C23H24N4O8/c1-11-7-16(29)21(32)22(34-11)13(12-3-5-15(28)17(8-12)33-2)9-20(31)24-10-18-26-23(35-27-18)14-4-6-19(30)25-14/h3,5,7-8,13-14,28,32H,4,6,9-10H2,1-2H3,(H,24,31)(H,25,30)/t13-,14+/m0/s1. The first-order chi connectivity index (χ1) is 16.7. The molecule has 3 aromatic rings. The van der Waals surface area contributed by atoms with E-state index in [1.54, 1.807) is 13.0 Å². The fourth-order valence-corrected chi connectivity index (χ4v) is 3.85. The SMILES string of the molecule is COc1cc([C@H](CC(=O)NCc2noc([C@H]3CCC(=O)N3)n2)c2oc(C)cc(=O)c2O)ccc1O. The number of phenols is 1. The lowest BCUT2D eigenvalue weighted by atomic mass is 9.91. The smallest absolute Gasteiger partial charge is 0.249 e. The molecule has 0 radical (unpaired) electrons. The molecule has 1 fully saturated rings. The summed E-state index contributed by atoms with van der Waals surface area (Å²) in [5.74, 6) is -1.32. The summed E-state index contributed by atoms with van der Waals surface area (Å²) in [4.78, 5) is 40.6. The third kappa shape index (κ3) is 5.26. The van der Waals surface area contributed by atoms with Crippen LogP contribution in [0.3, 0.4) is 0 Å². The highest BCUT2D eigenvalue weighted by atomic mass is 16.5. The van der Waals surface area contributed by atoms with Gasteiger partial charge in [0.1, 0.15) is 11.8 Å². The van der Waals surface area contributed by atoms with Crippen molar-refractivity contribution in [3.63, 3.8) is 0 Å². The molecule has 3 heterocycles. The first-order valence-electron chi connectivity index (χ1n) is 10.8. The van der Waals surface area contributed by atoms with Crippen molar-refractivity contribution in [2.45, 2.75) is 44.7 Å². The molecule has 184 valence electrons. The number of nitrogens with one attached hydrogen (secondary N) is 2.